The van der Waals surface area contributed by atoms with Crippen LogP contribution in [0.1, 0.15) is 10.4 Å². The molecule has 0 aliphatic carbocycles. The van der Waals surface area contributed by atoms with Crippen LogP contribution >= 0.6 is 0 Å². The van der Waals surface area contributed by atoms with Gasteiger partial charge in [0.25, 0.3) is 5.91 Å². The molecule has 4 rings (SSSR count). The summed E-state index contributed by atoms with van der Waals surface area (Å²) in [5.41, 5.74) is 5.17. The van der Waals surface area contributed by atoms with E-state index in [4.69, 9.17) is 9.97 Å². The molecule has 0 aliphatic heterocycles. The lowest BCUT2D eigenvalue weighted by atomic mass is 10.1. The van der Waals surface area contributed by atoms with Gasteiger partial charge in [0.05, 0.1) is 22.4 Å². The molecule has 26 heavy (non-hydrogen) atoms. The summed E-state index contributed by atoms with van der Waals surface area (Å²) < 4.78 is 0. The van der Waals surface area contributed by atoms with E-state index in [1.54, 1.807) is 18.2 Å². The third-order valence-corrected chi connectivity index (χ3v) is 4.04. The van der Waals surface area contributed by atoms with Crippen molar-refractivity contribution in [1.82, 2.24) is 25.3 Å². The molecule has 128 valence electrons. The van der Waals surface area contributed by atoms with Crippen LogP contribution < -0.4 is 5.32 Å². The number of hydrogen-bond acceptors (Lipinski definition) is 3. The number of aromatic amines is 2. The summed E-state index contributed by atoms with van der Waals surface area (Å²) in [7, 11) is 0. The molecular formula is C20H17N5O. The smallest absolute Gasteiger partial charge is 0.251 e. The molecule has 6 nitrogen and oxygen atoms in total. The summed E-state index contributed by atoms with van der Waals surface area (Å²) in [6.07, 6.45) is 5.34. The van der Waals surface area contributed by atoms with E-state index in [1.807, 2.05) is 42.7 Å². The molecule has 4 aromatic rings. The van der Waals surface area contributed by atoms with Gasteiger partial charge in [-0.2, -0.15) is 0 Å². The van der Waals surface area contributed by atoms with Crippen molar-refractivity contribution in [2.24, 2.45) is 0 Å². The van der Waals surface area contributed by atoms with Gasteiger partial charge < -0.3 is 15.3 Å². The summed E-state index contributed by atoms with van der Waals surface area (Å²) in [6, 6.07) is 13.1. The van der Waals surface area contributed by atoms with Crippen LogP contribution in [0, 0.1) is 0 Å². The maximum atomic E-state index is 12.2. The van der Waals surface area contributed by atoms with Crippen molar-refractivity contribution in [3.63, 3.8) is 0 Å². The molecule has 0 saturated heterocycles. The highest BCUT2D eigenvalue weighted by molar-refractivity contribution is 5.98. The number of hydrogen-bond donors (Lipinski definition) is 3. The number of carbonyl (C=O) groups is 1. The maximum Gasteiger partial charge on any atom is 0.251 e. The number of rotatable bonds is 5. The number of H-pyrrole nitrogens is 2. The highest BCUT2D eigenvalue weighted by Crippen LogP contribution is 2.29. The first-order chi connectivity index (χ1) is 12.8. The number of benzene rings is 1. The Morgan fingerprint density at radius 2 is 1.65 bits per heavy atom. The summed E-state index contributed by atoms with van der Waals surface area (Å²) in [5, 5.41) is 2.77. The van der Waals surface area contributed by atoms with Gasteiger partial charge in [0, 0.05) is 24.5 Å². The van der Waals surface area contributed by atoms with Gasteiger partial charge in [0.15, 0.2) is 0 Å². The largest absolute Gasteiger partial charge is 0.360 e. The summed E-state index contributed by atoms with van der Waals surface area (Å²) in [6.45, 7) is 4.03. The van der Waals surface area contributed by atoms with Gasteiger partial charge in [-0.05, 0) is 42.5 Å². The fourth-order valence-corrected chi connectivity index (χ4v) is 2.79. The molecule has 3 heterocycles. The van der Waals surface area contributed by atoms with E-state index in [0.717, 1.165) is 28.3 Å². The first kappa shape index (κ1) is 15.8. The van der Waals surface area contributed by atoms with Crippen molar-refractivity contribution < 1.29 is 4.79 Å². The first-order valence-corrected chi connectivity index (χ1v) is 8.24. The van der Waals surface area contributed by atoms with Gasteiger partial charge in [0.1, 0.15) is 11.4 Å². The van der Waals surface area contributed by atoms with Crippen molar-refractivity contribution in [2.75, 3.05) is 6.54 Å². The second kappa shape index (κ2) is 6.68. The fraction of sp³-hybridized carbons (Fsp3) is 0.0500. The van der Waals surface area contributed by atoms with Crippen molar-refractivity contribution in [3.05, 3.63) is 73.1 Å². The van der Waals surface area contributed by atoms with Crippen molar-refractivity contribution in [1.29, 1.82) is 0 Å². The van der Waals surface area contributed by atoms with Crippen molar-refractivity contribution >= 4 is 16.9 Å². The average molecular weight is 343 g/mol. The van der Waals surface area contributed by atoms with Crippen molar-refractivity contribution in [2.45, 2.75) is 0 Å². The van der Waals surface area contributed by atoms with Crippen LogP contribution in [-0.2, 0) is 0 Å². The number of amides is 1. The lowest BCUT2D eigenvalue weighted by Gasteiger charge is -2.09. The van der Waals surface area contributed by atoms with Crippen molar-refractivity contribution in [3.8, 4) is 22.8 Å². The third kappa shape index (κ3) is 2.88. The van der Waals surface area contributed by atoms with E-state index in [0.29, 0.717) is 17.6 Å². The minimum atomic E-state index is -0.163. The molecule has 3 aromatic heterocycles. The van der Waals surface area contributed by atoms with E-state index in [1.165, 1.54) is 0 Å². The highest BCUT2D eigenvalue weighted by atomic mass is 16.1. The van der Waals surface area contributed by atoms with Crippen LogP contribution in [0.3, 0.4) is 0 Å². The molecule has 0 spiro atoms. The van der Waals surface area contributed by atoms with Crippen LogP contribution in [0.5, 0.6) is 0 Å². The predicted octanol–water partition coefficient (Wildman–Crippen LogP) is 3.54. The minimum Gasteiger partial charge on any atom is -0.360 e. The number of nitrogens with zero attached hydrogens (tertiary/aromatic N) is 2. The second-order valence-corrected chi connectivity index (χ2v) is 5.79. The monoisotopic (exact) mass is 343 g/mol. The minimum absolute atomic E-state index is 0.163. The van der Waals surface area contributed by atoms with Gasteiger partial charge in [-0.15, -0.1) is 6.58 Å². The molecule has 0 radical (unpaired) electrons. The number of nitrogens with one attached hydrogen (secondary N) is 3. The van der Waals surface area contributed by atoms with Crippen LogP contribution in [0.4, 0.5) is 0 Å². The highest BCUT2D eigenvalue weighted by Gasteiger charge is 2.15. The van der Waals surface area contributed by atoms with E-state index < -0.39 is 0 Å². The van der Waals surface area contributed by atoms with E-state index in [9.17, 15) is 4.79 Å². The van der Waals surface area contributed by atoms with E-state index >= 15 is 0 Å². The average Bonchev–Trinajstić information content (AvgIpc) is 3.38. The Morgan fingerprint density at radius 1 is 1.00 bits per heavy atom. The number of aromatic nitrogens is 4. The molecule has 0 bridgehead atoms. The van der Waals surface area contributed by atoms with E-state index in [2.05, 4.69) is 21.9 Å². The summed E-state index contributed by atoms with van der Waals surface area (Å²) >= 11 is 0. The van der Waals surface area contributed by atoms with Gasteiger partial charge in [-0.25, -0.2) is 9.97 Å². The first-order valence-electron chi connectivity index (χ1n) is 8.24. The Labute approximate surface area is 150 Å². The lowest BCUT2D eigenvalue weighted by Crippen LogP contribution is -2.23. The number of carbonyl (C=O) groups excluding carboxylic acids is 1. The zero-order valence-electron chi connectivity index (χ0n) is 14.0. The van der Waals surface area contributed by atoms with Gasteiger partial charge >= 0.3 is 0 Å². The van der Waals surface area contributed by atoms with Crippen LogP contribution in [-0.4, -0.2) is 32.4 Å². The van der Waals surface area contributed by atoms with Gasteiger partial charge in [-0.1, -0.05) is 6.08 Å². The summed E-state index contributed by atoms with van der Waals surface area (Å²) in [5.74, 6) is -0.163. The fourth-order valence-electron chi connectivity index (χ4n) is 2.79. The predicted molar refractivity (Wildman–Crippen MR) is 102 cm³/mol. The molecule has 1 aromatic carbocycles. The lowest BCUT2D eigenvalue weighted by molar-refractivity contribution is 0.0958. The normalized spacial score (nSPS) is 10.8. The standard InChI is InChI=1S/C20H17N5O/c1-2-9-23-20(26)13-7-8-14-17(12-13)25-19(16-6-4-11-22-16)18(24-14)15-5-3-10-21-15/h2-8,10-12,21-22H,1,9H2,(H,23,26). The quantitative estimate of drug-likeness (QED) is 0.484. The van der Waals surface area contributed by atoms with Gasteiger partial charge in [0.2, 0.25) is 0 Å². The number of fused-ring (bicyclic) bond motifs is 1. The molecule has 6 heteroatoms. The van der Waals surface area contributed by atoms with E-state index in [-0.39, 0.29) is 5.91 Å². The second-order valence-electron chi connectivity index (χ2n) is 5.79. The Kier molecular flexibility index (Phi) is 4.07. The Bertz CT molecular complexity index is 1070. The van der Waals surface area contributed by atoms with Gasteiger partial charge in [-0.3, -0.25) is 4.79 Å². The molecule has 1 amide bonds. The molecule has 0 unspecified atom stereocenters. The Balaban J connectivity index is 1.86. The molecule has 0 saturated carbocycles. The zero-order valence-corrected chi connectivity index (χ0v) is 14.0. The maximum absolute atomic E-state index is 12.2. The molecular weight excluding hydrogens is 326 g/mol. The van der Waals surface area contributed by atoms with Crippen LogP contribution in [0.15, 0.2) is 67.5 Å². The topological polar surface area (TPSA) is 86.5 Å². The Hall–Kier alpha value is -3.67. The molecule has 0 fully saturated rings. The molecule has 3 N–H and O–H groups in total. The van der Waals surface area contributed by atoms with Crippen LogP contribution in [0.2, 0.25) is 0 Å². The van der Waals surface area contributed by atoms with Crippen LogP contribution in [0.25, 0.3) is 33.8 Å². The molecule has 0 atom stereocenters. The summed E-state index contributed by atoms with van der Waals surface area (Å²) in [4.78, 5) is 28.1. The Morgan fingerprint density at radius 3 is 2.23 bits per heavy atom. The molecule has 0 aliphatic rings. The zero-order chi connectivity index (χ0) is 17.9. The third-order valence-electron chi connectivity index (χ3n) is 4.04. The SMILES string of the molecule is C=CCNC(=O)c1ccc2nc(-c3ccc[nH]3)c(-c3ccc[nH]3)nc2c1.